The molecule has 0 atom stereocenters. The van der Waals surface area contributed by atoms with Gasteiger partial charge in [-0.05, 0) is 91.0 Å². The fourth-order valence-corrected chi connectivity index (χ4v) is 6.58. The number of fused-ring (bicyclic) bond motifs is 3. The van der Waals surface area contributed by atoms with E-state index in [2.05, 4.69) is 95.6 Å². The highest BCUT2D eigenvalue weighted by atomic mass is 16.5. The van der Waals surface area contributed by atoms with Gasteiger partial charge in [0.1, 0.15) is 12.8 Å². The van der Waals surface area contributed by atoms with Crippen LogP contribution in [0.5, 0.6) is 11.5 Å². The number of ether oxygens (including phenoxy) is 1. The van der Waals surface area contributed by atoms with E-state index in [-0.39, 0.29) is 0 Å². The fourth-order valence-electron chi connectivity index (χ4n) is 6.58. The molecule has 1 saturated carbocycles. The highest BCUT2D eigenvalue weighted by Crippen LogP contribution is 2.54. The number of aryl methyl sites for hydroxylation is 2. The predicted molar refractivity (Wildman–Crippen MR) is 147 cm³/mol. The molecule has 0 bridgehead atoms. The first kappa shape index (κ1) is 22.6. The number of benzene rings is 3. The van der Waals surface area contributed by atoms with E-state index >= 15 is 0 Å². The minimum atomic E-state index is 0.435. The van der Waals surface area contributed by atoms with E-state index in [4.69, 9.17) is 4.74 Å². The van der Waals surface area contributed by atoms with Gasteiger partial charge in [0.05, 0.1) is 10.9 Å². The van der Waals surface area contributed by atoms with Crippen molar-refractivity contribution in [3.8, 4) is 22.8 Å². The average Bonchev–Trinajstić information content (AvgIpc) is 2.82. The quantitative estimate of drug-likeness (QED) is 0.238. The van der Waals surface area contributed by atoms with Gasteiger partial charge in [-0.2, -0.15) is 4.57 Å². The maximum absolute atomic E-state index is 7.04. The third-order valence-electron chi connectivity index (χ3n) is 8.96. The van der Waals surface area contributed by atoms with Crippen molar-refractivity contribution < 1.29 is 9.30 Å². The molecule has 180 valence electrons. The second-order valence-corrected chi connectivity index (χ2v) is 12.2. The fraction of sp³-hybridized carbons (Fsp3) is 0.424. The van der Waals surface area contributed by atoms with Crippen molar-refractivity contribution in [2.24, 2.45) is 12.5 Å². The molecular formula is C33H38NO+. The van der Waals surface area contributed by atoms with Gasteiger partial charge < -0.3 is 4.74 Å². The molecule has 0 amide bonds. The zero-order valence-electron chi connectivity index (χ0n) is 22.4. The van der Waals surface area contributed by atoms with Gasteiger partial charge in [-0.15, -0.1) is 0 Å². The number of nitrogens with zero attached hydrogens (tertiary/aromatic N) is 1. The van der Waals surface area contributed by atoms with Crippen LogP contribution in [0.4, 0.5) is 0 Å². The highest BCUT2D eigenvalue weighted by molar-refractivity contribution is 6.06. The van der Waals surface area contributed by atoms with Crippen LogP contribution in [-0.4, -0.2) is 0 Å². The Morgan fingerprint density at radius 2 is 1.71 bits per heavy atom. The van der Waals surface area contributed by atoms with Crippen LogP contribution < -0.4 is 9.30 Å². The second-order valence-electron chi connectivity index (χ2n) is 12.2. The zero-order chi connectivity index (χ0) is 24.6. The molecule has 6 rings (SSSR count). The predicted octanol–water partition coefficient (Wildman–Crippen LogP) is 9.01. The topological polar surface area (TPSA) is 13.1 Å². The summed E-state index contributed by atoms with van der Waals surface area (Å²) in [5.74, 6) is 3.11. The monoisotopic (exact) mass is 464 g/mol. The normalized spacial score (nSPS) is 17.1. The Morgan fingerprint density at radius 1 is 1.00 bits per heavy atom. The summed E-state index contributed by atoms with van der Waals surface area (Å²) >= 11 is 0. The van der Waals surface area contributed by atoms with Gasteiger partial charge >= 0.3 is 0 Å². The van der Waals surface area contributed by atoms with Crippen LogP contribution >= 0.6 is 0 Å². The Hall–Kier alpha value is -2.87. The Bertz CT molecular complexity index is 1500. The van der Waals surface area contributed by atoms with Crippen LogP contribution in [0.25, 0.3) is 32.9 Å². The third-order valence-corrected chi connectivity index (χ3v) is 8.96. The summed E-state index contributed by atoms with van der Waals surface area (Å²) in [6, 6.07) is 16.0. The molecule has 2 heteroatoms. The van der Waals surface area contributed by atoms with E-state index < -0.39 is 0 Å². The van der Waals surface area contributed by atoms with Gasteiger partial charge in [-0.3, -0.25) is 0 Å². The lowest BCUT2D eigenvalue weighted by atomic mass is 9.70. The maximum Gasteiger partial charge on any atom is 0.257 e. The van der Waals surface area contributed by atoms with Crippen molar-refractivity contribution in [2.75, 3.05) is 0 Å². The smallest absolute Gasteiger partial charge is 0.257 e. The van der Waals surface area contributed by atoms with Crippen molar-refractivity contribution in [2.45, 2.75) is 79.1 Å². The zero-order valence-corrected chi connectivity index (χ0v) is 22.4. The number of hydrogen-bond donors (Lipinski definition) is 0. The molecule has 4 aromatic rings. The molecular weight excluding hydrogens is 426 g/mol. The Morgan fingerprint density at radius 3 is 2.43 bits per heavy atom. The van der Waals surface area contributed by atoms with Gasteiger partial charge in [-0.1, -0.05) is 52.0 Å². The molecule has 3 aromatic carbocycles. The van der Waals surface area contributed by atoms with Crippen LogP contribution in [0.3, 0.4) is 0 Å². The first-order valence-electron chi connectivity index (χ1n) is 13.4. The minimum Gasteiger partial charge on any atom is -0.449 e. The van der Waals surface area contributed by atoms with E-state index in [0.29, 0.717) is 17.3 Å². The molecule has 35 heavy (non-hydrogen) atoms. The summed E-state index contributed by atoms with van der Waals surface area (Å²) in [6.45, 7) is 13.9. The Kier molecular flexibility index (Phi) is 5.04. The molecule has 1 fully saturated rings. The van der Waals surface area contributed by atoms with E-state index in [1.165, 1.54) is 80.9 Å². The third kappa shape index (κ3) is 3.40. The standard InChI is InChI=1S/C33H38NO/c1-19(2)23-17-24-16-20(3)21(4)28-30(24)27(18-23)35-32-29(22-12-14-33(5,6)15-13-22)25-10-8-9-11-26(25)34(7)31(28)32/h8-11,16-19,22H,12-15H2,1-7H3/q+1. The van der Waals surface area contributed by atoms with Crippen LogP contribution in [-0.2, 0) is 7.05 Å². The summed E-state index contributed by atoms with van der Waals surface area (Å²) in [4.78, 5) is 0. The van der Waals surface area contributed by atoms with Crippen molar-refractivity contribution >= 4 is 21.7 Å². The van der Waals surface area contributed by atoms with Crippen molar-refractivity contribution in [1.29, 1.82) is 0 Å². The van der Waals surface area contributed by atoms with Gasteiger partial charge in [-0.25, -0.2) is 0 Å². The van der Waals surface area contributed by atoms with Gasteiger partial charge in [0.15, 0.2) is 0 Å². The largest absolute Gasteiger partial charge is 0.449 e. The maximum atomic E-state index is 7.04. The van der Waals surface area contributed by atoms with E-state index in [1.807, 2.05) is 0 Å². The van der Waals surface area contributed by atoms with E-state index in [0.717, 1.165) is 11.5 Å². The first-order valence-corrected chi connectivity index (χ1v) is 13.4. The number of aromatic nitrogens is 1. The molecule has 0 saturated heterocycles. The molecule has 1 aliphatic heterocycles. The number of hydrogen-bond acceptors (Lipinski definition) is 1. The Labute approximate surface area is 209 Å². The average molecular weight is 465 g/mol. The second kappa shape index (κ2) is 7.82. The van der Waals surface area contributed by atoms with Crippen LogP contribution in [0, 0.1) is 19.3 Å². The lowest BCUT2D eigenvalue weighted by Crippen LogP contribution is -2.35. The highest BCUT2D eigenvalue weighted by Gasteiger charge is 2.38. The summed E-state index contributed by atoms with van der Waals surface area (Å²) in [6.07, 6.45) is 4.98. The first-order chi connectivity index (χ1) is 16.7. The molecule has 2 heterocycles. The lowest BCUT2D eigenvalue weighted by Gasteiger charge is -2.36. The van der Waals surface area contributed by atoms with Gasteiger partial charge in [0.25, 0.3) is 5.69 Å². The van der Waals surface area contributed by atoms with Gasteiger partial charge in [0, 0.05) is 17.0 Å². The van der Waals surface area contributed by atoms with Crippen molar-refractivity contribution in [3.63, 3.8) is 0 Å². The van der Waals surface area contributed by atoms with Crippen LogP contribution in [0.15, 0.2) is 42.5 Å². The molecule has 1 aliphatic carbocycles. The van der Waals surface area contributed by atoms with Crippen molar-refractivity contribution in [3.05, 3.63) is 64.7 Å². The summed E-state index contributed by atoms with van der Waals surface area (Å²) in [7, 11) is 2.22. The van der Waals surface area contributed by atoms with Crippen LogP contribution in [0.2, 0.25) is 0 Å². The molecule has 0 spiro atoms. The SMILES string of the molecule is Cc1cc2cc(C(C)C)cc3c2c(c1C)-c1c(c(C2CCC(C)(C)CC2)c2ccccc2[n+]1C)O3. The van der Waals surface area contributed by atoms with Crippen molar-refractivity contribution in [1.82, 2.24) is 0 Å². The molecule has 1 aromatic heterocycles. The number of rotatable bonds is 2. The van der Waals surface area contributed by atoms with E-state index in [9.17, 15) is 0 Å². The minimum absolute atomic E-state index is 0.435. The molecule has 2 nitrogen and oxygen atoms in total. The van der Waals surface area contributed by atoms with E-state index in [1.54, 1.807) is 0 Å². The summed E-state index contributed by atoms with van der Waals surface area (Å²) < 4.78 is 9.43. The van der Waals surface area contributed by atoms with Gasteiger partial charge in [0.2, 0.25) is 11.3 Å². The molecule has 0 N–H and O–H groups in total. The molecule has 0 unspecified atom stereocenters. The summed E-state index contributed by atoms with van der Waals surface area (Å²) in [5.41, 5.74) is 9.83. The number of pyridine rings is 1. The Balaban J connectivity index is 1.72. The number of para-hydroxylation sites is 1. The lowest BCUT2D eigenvalue weighted by molar-refractivity contribution is -0.633. The molecule has 2 aliphatic rings. The summed E-state index contributed by atoms with van der Waals surface area (Å²) in [5, 5.41) is 3.92. The van der Waals surface area contributed by atoms with Crippen LogP contribution in [0.1, 0.15) is 87.5 Å². The molecule has 0 radical (unpaired) electrons.